The van der Waals surface area contributed by atoms with Crippen molar-refractivity contribution in [3.63, 3.8) is 0 Å². The smallest absolute Gasteiger partial charge is 0.111 e. The maximum Gasteiger partial charge on any atom is 0.111 e. The first-order valence-electron chi connectivity index (χ1n) is 7.24. The standard InChI is InChI=1S/C18H21N3/c1-13-7-6-8-14(11-13)18(2,19)12-17-20-15-9-4-5-10-16(15)21(17)3/h4-11H,12,19H2,1-3H3. The zero-order valence-corrected chi connectivity index (χ0v) is 12.8. The molecule has 0 fully saturated rings. The Morgan fingerprint density at radius 2 is 1.90 bits per heavy atom. The molecule has 0 saturated carbocycles. The van der Waals surface area contributed by atoms with E-state index >= 15 is 0 Å². The number of nitrogens with zero attached hydrogens (tertiary/aromatic N) is 2. The van der Waals surface area contributed by atoms with Crippen LogP contribution in [0.3, 0.4) is 0 Å². The van der Waals surface area contributed by atoms with Crippen LogP contribution in [0.1, 0.15) is 23.9 Å². The first-order valence-corrected chi connectivity index (χ1v) is 7.24. The van der Waals surface area contributed by atoms with Crippen LogP contribution in [-0.4, -0.2) is 9.55 Å². The maximum atomic E-state index is 6.58. The van der Waals surface area contributed by atoms with E-state index < -0.39 is 5.54 Å². The molecule has 0 bridgehead atoms. The van der Waals surface area contributed by atoms with E-state index in [9.17, 15) is 0 Å². The van der Waals surface area contributed by atoms with Gasteiger partial charge in [0.25, 0.3) is 0 Å². The van der Waals surface area contributed by atoms with Crippen molar-refractivity contribution in [1.29, 1.82) is 0 Å². The molecule has 3 aromatic rings. The van der Waals surface area contributed by atoms with Crippen molar-refractivity contribution in [1.82, 2.24) is 9.55 Å². The molecule has 2 N–H and O–H groups in total. The van der Waals surface area contributed by atoms with E-state index in [-0.39, 0.29) is 0 Å². The number of nitrogens with two attached hydrogens (primary N) is 1. The summed E-state index contributed by atoms with van der Waals surface area (Å²) in [4.78, 5) is 4.73. The number of fused-ring (bicyclic) bond motifs is 1. The molecule has 3 rings (SSSR count). The molecule has 1 unspecified atom stereocenters. The van der Waals surface area contributed by atoms with E-state index in [1.54, 1.807) is 0 Å². The number of aromatic nitrogens is 2. The van der Waals surface area contributed by atoms with Crippen LogP contribution in [0, 0.1) is 6.92 Å². The lowest BCUT2D eigenvalue weighted by Gasteiger charge is -2.25. The monoisotopic (exact) mass is 279 g/mol. The highest BCUT2D eigenvalue weighted by atomic mass is 15.1. The number of benzene rings is 2. The molecular weight excluding hydrogens is 258 g/mol. The van der Waals surface area contributed by atoms with Crippen LogP contribution in [0.4, 0.5) is 0 Å². The number of para-hydroxylation sites is 2. The van der Waals surface area contributed by atoms with Gasteiger partial charge in [-0.25, -0.2) is 4.98 Å². The molecule has 0 aliphatic heterocycles. The third-order valence-corrected chi connectivity index (χ3v) is 4.08. The second-order valence-corrected chi connectivity index (χ2v) is 6.04. The largest absolute Gasteiger partial charge is 0.331 e. The van der Waals surface area contributed by atoms with Gasteiger partial charge in [0.05, 0.1) is 11.0 Å². The second kappa shape index (κ2) is 5.01. The van der Waals surface area contributed by atoms with Gasteiger partial charge >= 0.3 is 0 Å². The molecular formula is C18H21N3. The molecule has 3 heteroatoms. The molecule has 0 aliphatic carbocycles. The zero-order valence-electron chi connectivity index (χ0n) is 12.8. The minimum atomic E-state index is -0.429. The van der Waals surface area contributed by atoms with Crippen molar-refractivity contribution in [3.8, 4) is 0 Å². The average Bonchev–Trinajstić information content (AvgIpc) is 2.75. The average molecular weight is 279 g/mol. The Kier molecular flexibility index (Phi) is 3.30. The highest BCUT2D eigenvalue weighted by Crippen LogP contribution is 2.25. The lowest BCUT2D eigenvalue weighted by molar-refractivity contribution is 0.471. The summed E-state index contributed by atoms with van der Waals surface area (Å²) in [7, 11) is 2.05. The predicted molar refractivity (Wildman–Crippen MR) is 87.1 cm³/mol. The summed E-state index contributed by atoms with van der Waals surface area (Å²) in [6, 6.07) is 16.6. The van der Waals surface area contributed by atoms with Crippen molar-refractivity contribution >= 4 is 11.0 Å². The van der Waals surface area contributed by atoms with Gasteiger partial charge < -0.3 is 10.3 Å². The van der Waals surface area contributed by atoms with Gasteiger partial charge in [-0.15, -0.1) is 0 Å². The minimum Gasteiger partial charge on any atom is -0.331 e. The highest BCUT2D eigenvalue weighted by molar-refractivity contribution is 5.75. The number of imidazole rings is 1. The summed E-state index contributed by atoms with van der Waals surface area (Å²) in [5, 5.41) is 0. The van der Waals surface area contributed by atoms with E-state index in [0.29, 0.717) is 6.42 Å². The van der Waals surface area contributed by atoms with Crippen molar-refractivity contribution in [2.45, 2.75) is 25.8 Å². The summed E-state index contributed by atoms with van der Waals surface area (Å²) >= 11 is 0. The molecule has 0 saturated heterocycles. The van der Waals surface area contributed by atoms with Crippen LogP contribution >= 0.6 is 0 Å². The van der Waals surface area contributed by atoms with Crippen LogP contribution in [-0.2, 0) is 19.0 Å². The van der Waals surface area contributed by atoms with E-state index in [2.05, 4.69) is 55.8 Å². The minimum absolute atomic E-state index is 0.429. The predicted octanol–water partition coefficient (Wildman–Crippen LogP) is 3.30. The van der Waals surface area contributed by atoms with Gasteiger partial charge in [0.2, 0.25) is 0 Å². The topological polar surface area (TPSA) is 43.8 Å². The van der Waals surface area contributed by atoms with Crippen molar-refractivity contribution in [2.75, 3.05) is 0 Å². The fourth-order valence-corrected chi connectivity index (χ4v) is 2.78. The normalized spacial score (nSPS) is 14.3. The fraction of sp³-hybridized carbons (Fsp3) is 0.278. The molecule has 0 radical (unpaired) electrons. The number of aryl methyl sites for hydroxylation is 2. The summed E-state index contributed by atoms with van der Waals surface area (Å²) in [6.45, 7) is 4.16. The van der Waals surface area contributed by atoms with Crippen molar-refractivity contribution < 1.29 is 0 Å². The lowest BCUT2D eigenvalue weighted by atomic mass is 9.88. The third-order valence-electron chi connectivity index (χ3n) is 4.08. The van der Waals surface area contributed by atoms with E-state index in [1.807, 2.05) is 18.2 Å². The molecule has 21 heavy (non-hydrogen) atoms. The number of hydrogen-bond acceptors (Lipinski definition) is 2. The molecule has 108 valence electrons. The zero-order chi connectivity index (χ0) is 15.0. The van der Waals surface area contributed by atoms with E-state index in [4.69, 9.17) is 10.7 Å². The van der Waals surface area contributed by atoms with Crippen LogP contribution in [0.25, 0.3) is 11.0 Å². The second-order valence-electron chi connectivity index (χ2n) is 6.04. The molecule has 1 atom stereocenters. The Balaban J connectivity index is 1.99. The summed E-state index contributed by atoms with van der Waals surface area (Å²) in [5.41, 5.74) is 10.7. The van der Waals surface area contributed by atoms with Gasteiger partial charge in [-0.3, -0.25) is 0 Å². The van der Waals surface area contributed by atoms with Gasteiger partial charge in [0, 0.05) is 19.0 Å². The molecule has 3 nitrogen and oxygen atoms in total. The highest BCUT2D eigenvalue weighted by Gasteiger charge is 2.24. The molecule has 1 aromatic heterocycles. The molecule has 0 amide bonds. The van der Waals surface area contributed by atoms with Crippen LogP contribution in [0.5, 0.6) is 0 Å². The Labute approximate surface area is 125 Å². The number of hydrogen-bond donors (Lipinski definition) is 1. The molecule has 0 spiro atoms. The van der Waals surface area contributed by atoms with Gasteiger partial charge in [-0.05, 0) is 31.5 Å². The lowest BCUT2D eigenvalue weighted by Crippen LogP contribution is -2.36. The van der Waals surface area contributed by atoms with Crippen LogP contribution < -0.4 is 5.73 Å². The SMILES string of the molecule is Cc1cccc(C(C)(N)Cc2nc3ccccc3n2C)c1. The number of rotatable bonds is 3. The first-order chi connectivity index (χ1) is 9.97. The van der Waals surface area contributed by atoms with Crippen molar-refractivity contribution in [2.24, 2.45) is 12.8 Å². The quantitative estimate of drug-likeness (QED) is 0.799. The maximum absolute atomic E-state index is 6.58. The summed E-state index contributed by atoms with van der Waals surface area (Å²) < 4.78 is 2.14. The van der Waals surface area contributed by atoms with Gasteiger partial charge in [0.15, 0.2) is 0 Å². The molecule has 1 heterocycles. The summed E-state index contributed by atoms with van der Waals surface area (Å²) in [5.74, 6) is 1.02. The van der Waals surface area contributed by atoms with Crippen LogP contribution in [0.15, 0.2) is 48.5 Å². The Morgan fingerprint density at radius 3 is 2.62 bits per heavy atom. The Bertz CT molecular complexity index is 784. The van der Waals surface area contributed by atoms with Gasteiger partial charge in [0.1, 0.15) is 5.82 Å². The third kappa shape index (κ3) is 2.57. The van der Waals surface area contributed by atoms with Gasteiger partial charge in [-0.2, -0.15) is 0 Å². The Morgan fingerprint density at radius 1 is 1.14 bits per heavy atom. The Hall–Kier alpha value is -2.13. The van der Waals surface area contributed by atoms with Crippen molar-refractivity contribution in [3.05, 3.63) is 65.5 Å². The fourth-order valence-electron chi connectivity index (χ4n) is 2.78. The molecule has 2 aromatic carbocycles. The van der Waals surface area contributed by atoms with E-state index in [0.717, 1.165) is 22.4 Å². The summed E-state index contributed by atoms with van der Waals surface area (Å²) in [6.07, 6.45) is 0.710. The van der Waals surface area contributed by atoms with Gasteiger partial charge in [-0.1, -0.05) is 42.0 Å². The van der Waals surface area contributed by atoms with Crippen LogP contribution in [0.2, 0.25) is 0 Å². The van der Waals surface area contributed by atoms with E-state index in [1.165, 1.54) is 5.56 Å². The first kappa shape index (κ1) is 13.8. The molecule has 0 aliphatic rings.